The van der Waals surface area contributed by atoms with Crippen molar-refractivity contribution in [1.29, 1.82) is 0 Å². The number of hydrogen-bond donors (Lipinski definition) is 1. The molecule has 0 aliphatic carbocycles. The van der Waals surface area contributed by atoms with Crippen LogP contribution in [0.15, 0.2) is 5.38 Å². The highest BCUT2D eigenvalue weighted by Gasteiger charge is 2.17. The van der Waals surface area contributed by atoms with Crippen LogP contribution in [0.4, 0.5) is 0 Å². The van der Waals surface area contributed by atoms with E-state index in [4.69, 9.17) is 9.57 Å². The first-order valence-electron chi connectivity index (χ1n) is 6.59. The van der Waals surface area contributed by atoms with Crippen molar-refractivity contribution in [3.05, 3.63) is 16.1 Å². The van der Waals surface area contributed by atoms with Gasteiger partial charge in [-0.15, -0.1) is 11.3 Å². The summed E-state index contributed by atoms with van der Waals surface area (Å²) in [5.41, 5.74) is 2.88. The summed E-state index contributed by atoms with van der Waals surface area (Å²) in [6.45, 7) is 6.26. The number of carbonyl (C=O) groups excluding carboxylic acids is 1. The molecule has 106 valence electrons. The molecule has 1 atom stereocenters. The highest BCUT2D eigenvalue weighted by Crippen LogP contribution is 2.14. The van der Waals surface area contributed by atoms with E-state index in [0.29, 0.717) is 30.7 Å². The van der Waals surface area contributed by atoms with Crippen molar-refractivity contribution in [3.63, 3.8) is 0 Å². The molecule has 1 amide bonds. The van der Waals surface area contributed by atoms with Crippen LogP contribution in [-0.4, -0.2) is 30.7 Å². The molecular formula is C13H20N2O3S. The molecule has 5 nitrogen and oxygen atoms in total. The van der Waals surface area contributed by atoms with Crippen LogP contribution in [0.3, 0.4) is 0 Å². The van der Waals surface area contributed by atoms with Gasteiger partial charge in [-0.05, 0) is 12.3 Å². The minimum Gasteiger partial charge on any atom is -0.381 e. The quantitative estimate of drug-likeness (QED) is 0.812. The Morgan fingerprint density at radius 2 is 2.53 bits per heavy atom. The summed E-state index contributed by atoms with van der Waals surface area (Å²) in [6, 6.07) is 0. The first-order valence-corrected chi connectivity index (χ1v) is 7.47. The van der Waals surface area contributed by atoms with E-state index in [1.165, 1.54) is 11.3 Å². The zero-order chi connectivity index (χ0) is 13.7. The number of nitrogens with zero attached hydrogens (tertiary/aromatic N) is 1. The molecule has 2 heterocycles. The number of carbonyl (C=O) groups is 1. The van der Waals surface area contributed by atoms with E-state index in [9.17, 15) is 4.79 Å². The van der Waals surface area contributed by atoms with Gasteiger partial charge in [-0.25, -0.2) is 10.5 Å². The van der Waals surface area contributed by atoms with Gasteiger partial charge in [0.05, 0.1) is 18.2 Å². The molecule has 1 N–H and O–H groups in total. The molecule has 6 heteroatoms. The highest BCUT2D eigenvalue weighted by atomic mass is 32.1. The largest absolute Gasteiger partial charge is 0.381 e. The third-order valence-electron chi connectivity index (χ3n) is 2.88. The fourth-order valence-corrected chi connectivity index (χ4v) is 2.84. The molecule has 2 rings (SSSR count). The smallest absolute Gasteiger partial charge is 0.294 e. The van der Waals surface area contributed by atoms with Crippen LogP contribution in [0.25, 0.3) is 0 Å². The van der Waals surface area contributed by atoms with Gasteiger partial charge in [0.15, 0.2) is 0 Å². The molecule has 1 aromatic heterocycles. The zero-order valence-electron chi connectivity index (χ0n) is 11.3. The Hall–Kier alpha value is -0.980. The van der Waals surface area contributed by atoms with Gasteiger partial charge in [-0.1, -0.05) is 13.8 Å². The van der Waals surface area contributed by atoms with E-state index < -0.39 is 0 Å². The Labute approximate surface area is 117 Å². The van der Waals surface area contributed by atoms with E-state index in [1.807, 2.05) is 0 Å². The summed E-state index contributed by atoms with van der Waals surface area (Å²) >= 11 is 1.52. The minimum atomic E-state index is -0.273. The molecule has 1 aliphatic heterocycles. The number of thiazole rings is 1. The van der Waals surface area contributed by atoms with Crippen molar-refractivity contribution < 1.29 is 14.4 Å². The topological polar surface area (TPSA) is 60.5 Å². The second-order valence-corrected chi connectivity index (χ2v) is 6.14. The monoisotopic (exact) mass is 284 g/mol. The predicted molar refractivity (Wildman–Crippen MR) is 73.0 cm³/mol. The number of ether oxygens (including phenoxy) is 1. The first kappa shape index (κ1) is 14.4. The Balaban J connectivity index is 1.74. The maximum absolute atomic E-state index is 11.8. The third kappa shape index (κ3) is 4.56. The third-order valence-corrected chi connectivity index (χ3v) is 3.75. The van der Waals surface area contributed by atoms with Crippen molar-refractivity contribution in [2.75, 3.05) is 19.8 Å². The molecule has 19 heavy (non-hydrogen) atoms. The Morgan fingerprint density at radius 1 is 1.68 bits per heavy atom. The fraction of sp³-hybridized carbons (Fsp3) is 0.692. The van der Waals surface area contributed by atoms with Gasteiger partial charge >= 0.3 is 0 Å². The molecule has 1 aromatic rings. The number of hydrogen-bond acceptors (Lipinski definition) is 5. The Morgan fingerprint density at radius 3 is 3.21 bits per heavy atom. The first-order chi connectivity index (χ1) is 9.15. The second-order valence-electron chi connectivity index (χ2n) is 5.20. The van der Waals surface area contributed by atoms with Gasteiger partial charge in [0.2, 0.25) is 0 Å². The summed E-state index contributed by atoms with van der Waals surface area (Å²) in [6.07, 6.45) is 1.89. The van der Waals surface area contributed by atoms with E-state index >= 15 is 0 Å². The Bertz CT molecular complexity index is 414. The summed E-state index contributed by atoms with van der Waals surface area (Å²) in [5, 5.41) is 2.76. The molecule has 0 aromatic carbocycles. The van der Waals surface area contributed by atoms with Crippen molar-refractivity contribution >= 4 is 17.2 Å². The van der Waals surface area contributed by atoms with Crippen LogP contribution in [0.2, 0.25) is 0 Å². The second kappa shape index (κ2) is 6.98. The average molecular weight is 284 g/mol. The van der Waals surface area contributed by atoms with E-state index in [2.05, 4.69) is 24.3 Å². The zero-order valence-corrected chi connectivity index (χ0v) is 12.2. The number of aromatic nitrogens is 1. The van der Waals surface area contributed by atoms with Crippen LogP contribution in [-0.2, 0) is 16.0 Å². The van der Waals surface area contributed by atoms with Crippen LogP contribution in [0, 0.1) is 11.8 Å². The van der Waals surface area contributed by atoms with Crippen LogP contribution >= 0.6 is 11.3 Å². The molecule has 0 bridgehead atoms. The van der Waals surface area contributed by atoms with Gasteiger partial charge in [0, 0.05) is 24.3 Å². The van der Waals surface area contributed by atoms with E-state index in [0.717, 1.165) is 24.5 Å². The molecule has 1 saturated heterocycles. The lowest BCUT2D eigenvalue weighted by Crippen LogP contribution is -2.27. The van der Waals surface area contributed by atoms with Crippen molar-refractivity contribution in [1.82, 2.24) is 10.5 Å². The molecule has 1 aliphatic rings. The molecular weight excluding hydrogens is 264 g/mol. The van der Waals surface area contributed by atoms with Crippen molar-refractivity contribution in [3.8, 4) is 0 Å². The summed E-state index contributed by atoms with van der Waals surface area (Å²) in [5.74, 6) is 0.651. The average Bonchev–Trinajstić information content (AvgIpc) is 2.99. The molecule has 0 spiro atoms. The standard InChI is InChI=1S/C13H20N2O3S/c1-9(2)5-12-14-11(8-19-12)13(16)15-18-7-10-3-4-17-6-10/h8-10H,3-7H2,1-2H3,(H,15,16). The SMILES string of the molecule is CC(C)Cc1nc(C(=O)NOCC2CCOC2)cs1. The minimum absolute atomic E-state index is 0.273. The summed E-state index contributed by atoms with van der Waals surface area (Å²) in [4.78, 5) is 21.3. The van der Waals surface area contributed by atoms with Crippen molar-refractivity contribution in [2.24, 2.45) is 11.8 Å². The van der Waals surface area contributed by atoms with Gasteiger partial charge in [0.25, 0.3) is 5.91 Å². The molecule has 1 fully saturated rings. The predicted octanol–water partition coefficient (Wildman–Crippen LogP) is 2.04. The lowest BCUT2D eigenvalue weighted by atomic mass is 10.1. The Kier molecular flexibility index (Phi) is 5.30. The molecule has 1 unspecified atom stereocenters. The number of amides is 1. The van der Waals surface area contributed by atoms with Gasteiger partial charge in [0.1, 0.15) is 5.69 Å². The van der Waals surface area contributed by atoms with E-state index in [-0.39, 0.29) is 5.91 Å². The maximum atomic E-state index is 11.8. The fourth-order valence-electron chi connectivity index (χ4n) is 1.85. The summed E-state index contributed by atoms with van der Waals surface area (Å²) < 4.78 is 5.24. The van der Waals surface area contributed by atoms with Gasteiger partial charge in [-0.3, -0.25) is 9.63 Å². The van der Waals surface area contributed by atoms with Crippen LogP contribution in [0.1, 0.15) is 35.8 Å². The van der Waals surface area contributed by atoms with E-state index in [1.54, 1.807) is 5.38 Å². The van der Waals surface area contributed by atoms with Crippen LogP contribution in [0.5, 0.6) is 0 Å². The number of hydroxylamine groups is 1. The summed E-state index contributed by atoms with van der Waals surface area (Å²) in [7, 11) is 0. The molecule has 0 radical (unpaired) electrons. The lowest BCUT2D eigenvalue weighted by molar-refractivity contribution is 0.0142. The molecule has 0 saturated carbocycles. The van der Waals surface area contributed by atoms with Crippen LogP contribution < -0.4 is 5.48 Å². The maximum Gasteiger partial charge on any atom is 0.294 e. The van der Waals surface area contributed by atoms with Crippen molar-refractivity contribution in [2.45, 2.75) is 26.7 Å². The normalized spacial score (nSPS) is 19.0. The number of nitrogens with one attached hydrogen (secondary N) is 1. The van der Waals surface area contributed by atoms with Gasteiger partial charge < -0.3 is 4.74 Å². The lowest BCUT2D eigenvalue weighted by Gasteiger charge is -2.08. The van der Waals surface area contributed by atoms with Gasteiger partial charge in [-0.2, -0.15) is 0 Å². The highest BCUT2D eigenvalue weighted by molar-refractivity contribution is 7.09. The number of rotatable bonds is 6.